The number of carbonyl (C=O) groups is 2. The smallest absolute Gasteiger partial charge is 0.265 e. The van der Waals surface area contributed by atoms with Gasteiger partial charge >= 0.3 is 0 Å². The van der Waals surface area contributed by atoms with Crippen LogP contribution in [0.5, 0.6) is 11.5 Å². The second-order valence-corrected chi connectivity index (χ2v) is 7.25. The van der Waals surface area contributed by atoms with Gasteiger partial charge in [-0.1, -0.05) is 29.8 Å². The largest absolute Gasteiger partial charge is 0.495 e. The standard InChI is InChI=1S/C25H26N2O4/c1-16-9-14-21(17(2)15-16)26-25(29)19-10-12-20(13-11-19)31-18(3)24(28)27-22-7-5-6-8-23(22)30-4/h5-15,18H,1-4H3,(H,26,29)(H,27,28)/t18-/m0/s1. The molecular weight excluding hydrogens is 392 g/mol. The lowest BCUT2D eigenvalue weighted by atomic mass is 10.1. The minimum atomic E-state index is -0.736. The van der Waals surface area contributed by atoms with Crippen LogP contribution in [0.3, 0.4) is 0 Å². The molecule has 0 unspecified atom stereocenters. The molecular formula is C25H26N2O4. The summed E-state index contributed by atoms with van der Waals surface area (Å²) in [4.78, 5) is 25.0. The van der Waals surface area contributed by atoms with Crippen molar-refractivity contribution in [3.05, 3.63) is 83.4 Å². The molecule has 6 heteroatoms. The van der Waals surface area contributed by atoms with Gasteiger partial charge in [0.1, 0.15) is 11.5 Å². The van der Waals surface area contributed by atoms with Crippen LogP contribution in [-0.2, 0) is 4.79 Å². The lowest BCUT2D eigenvalue weighted by Crippen LogP contribution is -2.30. The summed E-state index contributed by atoms with van der Waals surface area (Å²) in [6.45, 7) is 5.62. The molecule has 0 aliphatic carbocycles. The van der Waals surface area contributed by atoms with Crippen molar-refractivity contribution < 1.29 is 19.1 Å². The number of methoxy groups -OCH3 is 1. The molecule has 160 valence electrons. The quantitative estimate of drug-likeness (QED) is 0.568. The van der Waals surface area contributed by atoms with Crippen LogP contribution < -0.4 is 20.1 Å². The predicted octanol–water partition coefficient (Wildman–Crippen LogP) is 4.97. The summed E-state index contributed by atoms with van der Waals surface area (Å²) in [5, 5.41) is 5.71. The van der Waals surface area contributed by atoms with Crippen LogP contribution in [0.2, 0.25) is 0 Å². The lowest BCUT2D eigenvalue weighted by molar-refractivity contribution is -0.122. The van der Waals surface area contributed by atoms with Gasteiger partial charge in [0.05, 0.1) is 12.8 Å². The van der Waals surface area contributed by atoms with Crippen molar-refractivity contribution in [2.75, 3.05) is 17.7 Å². The Morgan fingerprint density at radius 3 is 2.26 bits per heavy atom. The first kappa shape index (κ1) is 21.9. The third kappa shape index (κ3) is 5.63. The molecule has 0 radical (unpaired) electrons. The number of anilines is 2. The van der Waals surface area contributed by atoms with Crippen molar-refractivity contribution in [2.24, 2.45) is 0 Å². The number of amides is 2. The molecule has 3 aromatic rings. The summed E-state index contributed by atoms with van der Waals surface area (Å²) < 4.78 is 11.0. The highest BCUT2D eigenvalue weighted by Gasteiger charge is 2.17. The molecule has 0 aliphatic rings. The number of hydrogen-bond donors (Lipinski definition) is 2. The summed E-state index contributed by atoms with van der Waals surface area (Å²) in [6, 6.07) is 19.7. The number of ether oxygens (including phenoxy) is 2. The average molecular weight is 418 g/mol. The number of benzene rings is 3. The summed E-state index contributed by atoms with van der Waals surface area (Å²) >= 11 is 0. The fraction of sp³-hybridized carbons (Fsp3) is 0.200. The van der Waals surface area contributed by atoms with E-state index in [4.69, 9.17) is 9.47 Å². The van der Waals surface area contributed by atoms with Crippen LogP contribution >= 0.6 is 0 Å². The first-order chi connectivity index (χ1) is 14.9. The van der Waals surface area contributed by atoms with Gasteiger partial charge in [-0.05, 0) is 68.8 Å². The van der Waals surface area contributed by atoms with E-state index in [-0.39, 0.29) is 11.8 Å². The van der Waals surface area contributed by atoms with Crippen molar-refractivity contribution in [2.45, 2.75) is 26.9 Å². The molecule has 6 nitrogen and oxygen atoms in total. The molecule has 3 aromatic carbocycles. The van der Waals surface area contributed by atoms with E-state index in [0.29, 0.717) is 22.7 Å². The fourth-order valence-corrected chi connectivity index (χ4v) is 3.07. The molecule has 0 heterocycles. The third-order valence-electron chi connectivity index (χ3n) is 4.79. The zero-order valence-electron chi connectivity index (χ0n) is 18.1. The summed E-state index contributed by atoms with van der Waals surface area (Å²) in [6.07, 6.45) is -0.736. The van der Waals surface area contributed by atoms with Crippen molar-refractivity contribution in [1.29, 1.82) is 0 Å². The number of rotatable bonds is 7. The Morgan fingerprint density at radius 2 is 1.58 bits per heavy atom. The maximum Gasteiger partial charge on any atom is 0.265 e. The van der Waals surface area contributed by atoms with Crippen molar-refractivity contribution in [1.82, 2.24) is 0 Å². The van der Waals surface area contributed by atoms with Crippen LogP contribution in [0.1, 0.15) is 28.4 Å². The van der Waals surface area contributed by atoms with Gasteiger partial charge in [-0.3, -0.25) is 9.59 Å². The van der Waals surface area contributed by atoms with Gasteiger partial charge in [0, 0.05) is 11.3 Å². The Bertz CT molecular complexity index is 1080. The molecule has 2 N–H and O–H groups in total. The second-order valence-electron chi connectivity index (χ2n) is 7.25. The van der Waals surface area contributed by atoms with Crippen LogP contribution in [0.25, 0.3) is 0 Å². The van der Waals surface area contributed by atoms with Crippen molar-refractivity contribution in [3.8, 4) is 11.5 Å². The second kappa shape index (κ2) is 9.80. The molecule has 0 bridgehead atoms. The van der Waals surface area contributed by atoms with Crippen molar-refractivity contribution >= 4 is 23.2 Å². The minimum absolute atomic E-state index is 0.208. The van der Waals surface area contributed by atoms with Gasteiger partial charge < -0.3 is 20.1 Å². The Kier molecular flexibility index (Phi) is 6.92. The molecule has 0 fully saturated rings. The average Bonchev–Trinajstić information content (AvgIpc) is 2.76. The number of aryl methyl sites for hydroxylation is 2. The van der Waals surface area contributed by atoms with E-state index in [2.05, 4.69) is 10.6 Å². The highest BCUT2D eigenvalue weighted by Crippen LogP contribution is 2.24. The van der Waals surface area contributed by atoms with Gasteiger partial charge in [-0.15, -0.1) is 0 Å². The molecule has 1 atom stereocenters. The summed E-state index contributed by atoms with van der Waals surface area (Å²) in [7, 11) is 1.54. The number of para-hydroxylation sites is 2. The maximum atomic E-state index is 12.5. The van der Waals surface area contributed by atoms with E-state index in [1.807, 2.05) is 44.2 Å². The van der Waals surface area contributed by atoms with E-state index in [1.54, 1.807) is 50.4 Å². The SMILES string of the molecule is COc1ccccc1NC(=O)[C@H](C)Oc1ccc(C(=O)Nc2ccc(C)cc2C)cc1. The molecule has 0 spiro atoms. The van der Waals surface area contributed by atoms with Crippen molar-refractivity contribution in [3.63, 3.8) is 0 Å². The van der Waals surface area contributed by atoms with E-state index in [9.17, 15) is 9.59 Å². The Balaban J connectivity index is 1.60. The van der Waals surface area contributed by atoms with Gasteiger partial charge in [-0.25, -0.2) is 0 Å². The normalized spacial score (nSPS) is 11.4. The number of nitrogens with one attached hydrogen (secondary N) is 2. The van der Waals surface area contributed by atoms with E-state index < -0.39 is 6.10 Å². The van der Waals surface area contributed by atoms with Gasteiger partial charge in [0.15, 0.2) is 6.10 Å². The molecule has 0 aliphatic heterocycles. The Morgan fingerprint density at radius 1 is 0.871 bits per heavy atom. The monoisotopic (exact) mass is 418 g/mol. The number of hydrogen-bond acceptors (Lipinski definition) is 4. The highest BCUT2D eigenvalue weighted by atomic mass is 16.5. The minimum Gasteiger partial charge on any atom is -0.495 e. The Hall–Kier alpha value is -3.80. The molecule has 3 rings (SSSR count). The lowest BCUT2D eigenvalue weighted by Gasteiger charge is -2.16. The van der Waals surface area contributed by atoms with Crippen LogP contribution in [-0.4, -0.2) is 25.0 Å². The molecule has 2 amide bonds. The molecule has 0 aromatic heterocycles. The van der Waals surface area contributed by atoms with Gasteiger partial charge in [-0.2, -0.15) is 0 Å². The predicted molar refractivity (Wildman–Crippen MR) is 122 cm³/mol. The van der Waals surface area contributed by atoms with Crippen LogP contribution in [0, 0.1) is 13.8 Å². The number of carbonyl (C=O) groups excluding carboxylic acids is 2. The van der Waals surface area contributed by atoms with Gasteiger partial charge in [0.25, 0.3) is 11.8 Å². The maximum absolute atomic E-state index is 12.5. The third-order valence-corrected chi connectivity index (χ3v) is 4.79. The molecule has 31 heavy (non-hydrogen) atoms. The molecule has 0 saturated carbocycles. The van der Waals surface area contributed by atoms with Crippen LogP contribution in [0.4, 0.5) is 11.4 Å². The summed E-state index contributed by atoms with van der Waals surface area (Å²) in [5.74, 6) is 0.551. The molecule has 0 saturated heterocycles. The van der Waals surface area contributed by atoms with Crippen LogP contribution in [0.15, 0.2) is 66.7 Å². The zero-order valence-corrected chi connectivity index (χ0v) is 18.1. The fourth-order valence-electron chi connectivity index (χ4n) is 3.07. The Labute approximate surface area is 182 Å². The topological polar surface area (TPSA) is 76.7 Å². The first-order valence-electron chi connectivity index (χ1n) is 9.96. The zero-order chi connectivity index (χ0) is 22.4. The van der Waals surface area contributed by atoms with E-state index in [1.165, 1.54) is 0 Å². The first-order valence-corrected chi connectivity index (χ1v) is 9.96. The summed E-state index contributed by atoms with van der Waals surface area (Å²) in [5.41, 5.74) is 3.99. The van der Waals surface area contributed by atoms with E-state index >= 15 is 0 Å². The highest BCUT2D eigenvalue weighted by molar-refractivity contribution is 6.04. The van der Waals surface area contributed by atoms with E-state index in [0.717, 1.165) is 16.8 Å². The van der Waals surface area contributed by atoms with Gasteiger partial charge in [0.2, 0.25) is 0 Å².